The van der Waals surface area contributed by atoms with Crippen LogP contribution >= 0.6 is 0 Å². The highest BCUT2D eigenvalue weighted by atomic mass is 16.1. The topological polar surface area (TPSA) is 43.1 Å². The molecule has 0 fully saturated rings. The first-order valence-corrected chi connectivity index (χ1v) is 4.15. The van der Waals surface area contributed by atoms with E-state index in [2.05, 4.69) is 6.58 Å². The second-order valence-corrected chi connectivity index (χ2v) is 2.97. The second kappa shape index (κ2) is 3.90. The quantitative estimate of drug-likeness (QED) is 0.434. The molecule has 0 saturated carbocycles. The Bertz CT molecular complexity index is 342. The van der Waals surface area contributed by atoms with Gasteiger partial charge in [0.1, 0.15) is 0 Å². The number of ketones is 1. The lowest BCUT2D eigenvalue weighted by atomic mass is 10.0. The van der Waals surface area contributed by atoms with E-state index in [4.69, 9.17) is 5.73 Å². The van der Waals surface area contributed by atoms with E-state index in [0.29, 0.717) is 17.7 Å². The van der Waals surface area contributed by atoms with Crippen LogP contribution in [0.4, 0.5) is 5.69 Å². The molecule has 0 aliphatic rings. The van der Waals surface area contributed by atoms with Crippen LogP contribution in [0.1, 0.15) is 22.8 Å². The molecule has 0 spiro atoms. The summed E-state index contributed by atoms with van der Waals surface area (Å²) in [6.07, 6.45) is 2.48. The lowest BCUT2D eigenvalue weighted by Crippen LogP contribution is -2.00. The van der Waals surface area contributed by atoms with E-state index in [1.165, 1.54) is 0 Å². The molecule has 0 amide bonds. The molecule has 0 unspecified atom stereocenters. The molecule has 1 aromatic rings. The monoisotopic (exact) mass is 175 g/mol. The number of hydrogen-bond donors (Lipinski definition) is 1. The Hall–Kier alpha value is -1.57. The van der Waals surface area contributed by atoms with E-state index in [0.717, 1.165) is 5.56 Å². The molecule has 0 saturated heterocycles. The number of hydrogen-bond acceptors (Lipinski definition) is 2. The molecule has 1 rings (SSSR count). The highest BCUT2D eigenvalue weighted by Crippen LogP contribution is 2.15. The summed E-state index contributed by atoms with van der Waals surface area (Å²) < 4.78 is 0. The summed E-state index contributed by atoms with van der Waals surface area (Å²) in [6.45, 7) is 5.18. The lowest BCUT2D eigenvalue weighted by Gasteiger charge is -2.05. The Kier molecular flexibility index (Phi) is 2.85. The van der Waals surface area contributed by atoms with Crippen molar-refractivity contribution < 1.29 is 4.79 Å². The summed E-state index contributed by atoms with van der Waals surface area (Å²) in [4.78, 5) is 11.2. The van der Waals surface area contributed by atoms with Gasteiger partial charge in [-0.2, -0.15) is 0 Å². The van der Waals surface area contributed by atoms with Crippen molar-refractivity contribution in [2.45, 2.75) is 13.3 Å². The van der Waals surface area contributed by atoms with Crippen molar-refractivity contribution in [3.63, 3.8) is 0 Å². The molecule has 0 bridgehead atoms. The fraction of sp³-hybridized carbons (Fsp3) is 0.182. The van der Waals surface area contributed by atoms with Crippen molar-refractivity contribution in [3.8, 4) is 0 Å². The average molecular weight is 175 g/mol. The van der Waals surface area contributed by atoms with Crippen molar-refractivity contribution in [1.29, 1.82) is 0 Å². The molecule has 0 atom stereocenters. The van der Waals surface area contributed by atoms with Crippen LogP contribution in [0.3, 0.4) is 0 Å². The molecule has 0 heterocycles. The van der Waals surface area contributed by atoms with Crippen LogP contribution in [0, 0.1) is 0 Å². The van der Waals surface area contributed by atoms with Crippen molar-refractivity contribution in [2.24, 2.45) is 0 Å². The third kappa shape index (κ3) is 2.18. The van der Waals surface area contributed by atoms with Gasteiger partial charge in [-0.05, 0) is 31.0 Å². The minimum Gasteiger partial charge on any atom is -0.399 e. The number of Topliss-reactive ketones (excluding diaryl/α,β-unsaturated/α-hetero) is 1. The average Bonchev–Trinajstić information content (AvgIpc) is 2.08. The van der Waals surface area contributed by atoms with Crippen LogP contribution in [0.2, 0.25) is 0 Å². The van der Waals surface area contributed by atoms with Crippen LogP contribution in [0.5, 0.6) is 0 Å². The van der Waals surface area contributed by atoms with Gasteiger partial charge in [-0.25, -0.2) is 0 Å². The summed E-state index contributed by atoms with van der Waals surface area (Å²) in [6, 6.07) is 5.38. The van der Waals surface area contributed by atoms with Gasteiger partial charge >= 0.3 is 0 Å². The normalized spacial score (nSPS) is 9.62. The number of benzene rings is 1. The van der Waals surface area contributed by atoms with Crippen LogP contribution in [0.25, 0.3) is 0 Å². The molecule has 2 nitrogen and oxygen atoms in total. The van der Waals surface area contributed by atoms with Crippen LogP contribution in [-0.2, 0) is 6.42 Å². The number of allylic oxidation sites excluding steroid dienone is 1. The largest absolute Gasteiger partial charge is 0.399 e. The molecule has 2 heteroatoms. The van der Waals surface area contributed by atoms with Gasteiger partial charge in [0.05, 0.1) is 0 Å². The number of rotatable bonds is 3. The molecule has 0 aromatic heterocycles. The van der Waals surface area contributed by atoms with Gasteiger partial charge in [-0.1, -0.05) is 12.1 Å². The second-order valence-electron chi connectivity index (χ2n) is 2.97. The first-order chi connectivity index (χ1) is 6.15. The van der Waals surface area contributed by atoms with Gasteiger partial charge < -0.3 is 5.73 Å². The number of carbonyl (C=O) groups excluding carboxylic acids is 1. The molecule has 0 aliphatic heterocycles. The van der Waals surface area contributed by atoms with Gasteiger partial charge in [0.25, 0.3) is 0 Å². The Morgan fingerprint density at radius 3 is 2.85 bits per heavy atom. The molecule has 0 aliphatic carbocycles. The highest BCUT2D eigenvalue weighted by molar-refractivity contribution is 5.96. The molecule has 0 radical (unpaired) electrons. The van der Waals surface area contributed by atoms with Gasteiger partial charge in [-0.15, -0.1) is 6.58 Å². The zero-order chi connectivity index (χ0) is 9.84. The van der Waals surface area contributed by atoms with E-state index in [9.17, 15) is 4.79 Å². The maximum atomic E-state index is 11.2. The summed E-state index contributed by atoms with van der Waals surface area (Å²) >= 11 is 0. The van der Waals surface area contributed by atoms with Crippen LogP contribution in [0.15, 0.2) is 30.9 Å². The van der Waals surface area contributed by atoms with Crippen molar-refractivity contribution >= 4 is 11.5 Å². The molecule has 1 aromatic carbocycles. The summed E-state index contributed by atoms with van der Waals surface area (Å²) in [5, 5.41) is 0. The molecule has 2 N–H and O–H groups in total. The molecule has 68 valence electrons. The predicted molar refractivity (Wildman–Crippen MR) is 54.8 cm³/mol. The summed E-state index contributed by atoms with van der Waals surface area (Å²) in [5.74, 6) is 0.0455. The Morgan fingerprint density at radius 1 is 1.62 bits per heavy atom. The predicted octanol–water partition coefficient (Wildman–Crippen LogP) is 2.20. The smallest absolute Gasteiger partial charge is 0.160 e. The molecular formula is C11H13NO. The van der Waals surface area contributed by atoms with Gasteiger partial charge in [0.2, 0.25) is 0 Å². The first-order valence-electron chi connectivity index (χ1n) is 4.15. The SMILES string of the molecule is C=CCc1ccc(N)cc1C(C)=O. The van der Waals surface area contributed by atoms with E-state index in [-0.39, 0.29) is 5.78 Å². The third-order valence-corrected chi connectivity index (χ3v) is 1.88. The van der Waals surface area contributed by atoms with Crippen molar-refractivity contribution in [2.75, 3.05) is 5.73 Å². The molecular weight excluding hydrogens is 162 g/mol. The highest BCUT2D eigenvalue weighted by Gasteiger charge is 2.05. The van der Waals surface area contributed by atoms with E-state index >= 15 is 0 Å². The van der Waals surface area contributed by atoms with Crippen molar-refractivity contribution in [1.82, 2.24) is 0 Å². The van der Waals surface area contributed by atoms with Crippen LogP contribution < -0.4 is 5.73 Å². The van der Waals surface area contributed by atoms with E-state index in [1.54, 1.807) is 25.1 Å². The van der Waals surface area contributed by atoms with Gasteiger partial charge in [0.15, 0.2) is 5.78 Å². The number of anilines is 1. The standard InChI is InChI=1S/C11H13NO/c1-3-4-9-5-6-10(12)7-11(9)8(2)13/h3,5-7H,1,4,12H2,2H3. The van der Waals surface area contributed by atoms with E-state index < -0.39 is 0 Å². The zero-order valence-electron chi connectivity index (χ0n) is 7.71. The van der Waals surface area contributed by atoms with Gasteiger partial charge in [0, 0.05) is 11.3 Å². The Labute approximate surface area is 78.1 Å². The number of nitrogen functional groups attached to an aromatic ring is 1. The third-order valence-electron chi connectivity index (χ3n) is 1.88. The summed E-state index contributed by atoms with van der Waals surface area (Å²) in [5.41, 5.74) is 7.88. The first kappa shape index (κ1) is 9.52. The van der Waals surface area contributed by atoms with Crippen molar-refractivity contribution in [3.05, 3.63) is 42.0 Å². The van der Waals surface area contributed by atoms with Gasteiger partial charge in [-0.3, -0.25) is 4.79 Å². The number of carbonyl (C=O) groups is 1. The minimum absolute atomic E-state index is 0.0455. The Morgan fingerprint density at radius 2 is 2.31 bits per heavy atom. The summed E-state index contributed by atoms with van der Waals surface area (Å²) in [7, 11) is 0. The minimum atomic E-state index is 0.0455. The lowest BCUT2D eigenvalue weighted by molar-refractivity contribution is 0.101. The number of nitrogens with two attached hydrogens (primary N) is 1. The van der Waals surface area contributed by atoms with E-state index in [1.807, 2.05) is 6.07 Å². The zero-order valence-corrected chi connectivity index (χ0v) is 7.71. The fourth-order valence-electron chi connectivity index (χ4n) is 1.26. The maximum absolute atomic E-state index is 11.2. The van der Waals surface area contributed by atoms with Crippen LogP contribution in [-0.4, -0.2) is 5.78 Å². The fourth-order valence-corrected chi connectivity index (χ4v) is 1.26. The maximum Gasteiger partial charge on any atom is 0.160 e. The molecule has 13 heavy (non-hydrogen) atoms. The Balaban J connectivity index is 3.17.